The summed E-state index contributed by atoms with van der Waals surface area (Å²) in [5, 5.41) is 17.8. The smallest absolute Gasteiger partial charge is 0.113 e. The summed E-state index contributed by atoms with van der Waals surface area (Å²) in [5.41, 5.74) is 0.834. The zero-order valence-corrected chi connectivity index (χ0v) is 13.3. The highest BCUT2D eigenvalue weighted by Gasteiger charge is 2.37. The molecule has 1 unspecified atom stereocenters. The Morgan fingerprint density at radius 3 is 2.62 bits per heavy atom. The van der Waals surface area contributed by atoms with Crippen molar-refractivity contribution in [2.45, 2.75) is 37.3 Å². The van der Waals surface area contributed by atoms with Crippen molar-refractivity contribution in [2.24, 2.45) is 0 Å². The van der Waals surface area contributed by atoms with Crippen molar-refractivity contribution >= 4 is 22.9 Å². The molecule has 1 atom stereocenters. The van der Waals surface area contributed by atoms with E-state index in [0.717, 1.165) is 23.4 Å². The first-order chi connectivity index (χ1) is 10.2. The van der Waals surface area contributed by atoms with E-state index in [1.54, 1.807) is 11.3 Å². The number of aliphatic hydroxyl groups excluding tert-OH is 1. The Hall–Kier alpha value is -0.940. The zero-order valence-electron chi connectivity index (χ0n) is 11.8. The summed E-state index contributed by atoms with van der Waals surface area (Å²) in [6.07, 6.45) is 5.94. The monoisotopic (exact) mass is 322 g/mol. The van der Waals surface area contributed by atoms with Gasteiger partial charge in [-0.25, -0.2) is 4.98 Å². The largest absolute Gasteiger partial charge is 0.387 e. The molecule has 1 aliphatic carbocycles. The summed E-state index contributed by atoms with van der Waals surface area (Å²) >= 11 is 7.58. The van der Waals surface area contributed by atoms with Crippen LogP contribution in [0.25, 0.3) is 0 Å². The van der Waals surface area contributed by atoms with Gasteiger partial charge in [-0.1, -0.05) is 36.6 Å². The molecule has 5 heteroatoms. The van der Waals surface area contributed by atoms with Gasteiger partial charge in [0.25, 0.3) is 0 Å². The molecular weight excluding hydrogens is 304 g/mol. The van der Waals surface area contributed by atoms with E-state index in [1.807, 2.05) is 35.8 Å². The van der Waals surface area contributed by atoms with Crippen molar-refractivity contribution in [3.8, 4) is 0 Å². The van der Waals surface area contributed by atoms with Crippen LogP contribution in [0, 0.1) is 0 Å². The van der Waals surface area contributed by atoms with Crippen LogP contribution >= 0.6 is 22.9 Å². The van der Waals surface area contributed by atoms with Crippen molar-refractivity contribution in [1.82, 2.24) is 10.3 Å². The van der Waals surface area contributed by atoms with Crippen molar-refractivity contribution in [1.29, 1.82) is 0 Å². The number of aliphatic hydroxyl groups is 1. The van der Waals surface area contributed by atoms with Gasteiger partial charge in [-0.05, 0) is 30.5 Å². The van der Waals surface area contributed by atoms with Crippen LogP contribution in [0.4, 0.5) is 0 Å². The SMILES string of the molecule is OC(CNC1(c2nccs2)CCCC1)c1ccc(Cl)cc1. The molecule has 0 bridgehead atoms. The van der Waals surface area contributed by atoms with Crippen LogP contribution in [0.1, 0.15) is 42.4 Å². The van der Waals surface area contributed by atoms with E-state index in [1.165, 1.54) is 12.8 Å². The fourth-order valence-corrected chi connectivity index (χ4v) is 4.00. The van der Waals surface area contributed by atoms with Crippen LogP contribution < -0.4 is 5.32 Å². The minimum atomic E-state index is -0.528. The van der Waals surface area contributed by atoms with E-state index in [0.29, 0.717) is 11.6 Å². The number of hydrogen-bond acceptors (Lipinski definition) is 4. The van der Waals surface area contributed by atoms with E-state index in [-0.39, 0.29) is 5.54 Å². The maximum absolute atomic E-state index is 10.4. The molecule has 1 heterocycles. The molecule has 0 amide bonds. The van der Waals surface area contributed by atoms with E-state index in [2.05, 4.69) is 10.3 Å². The standard InChI is InChI=1S/C16H19ClN2OS/c17-13-5-3-12(4-6-13)14(20)11-19-16(7-1-2-8-16)15-18-9-10-21-15/h3-6,9-10,14,19-20H,1-2,7-8,11H2. The average Bonchev–Trinajstić information content (AvgIpc) is 3.17. The summed E-state index contributed by atoms with van der Waals surface area (Å²) in [6, 6.07) is 7.37. The first kappa shape index (κ1) is 15.0. The predicted molar refractivity (Wildman–Crippen MR) is 86.7 cm³/mol. The summed E-state index contributed by atoms with van der Waals surface area (Å²) in [6.45, 7) is 0.529. The quantitative estimate of drug-likeness (QED) is 0.877. The van der Waals surface area contributed by atoms with Gasteiger partial charge in [-0.15, -0.1) is 11.3 Å². The molecule has 1 aromatic carbocycles. The van der Waals surface area contributed by atoms with Gasteiger partial charge in [0, 0.05) is 23.1 Å². The maximum Gasteiger partial charge on any atom is 0.113 e. The lowest BCUT2D eigenvalue weighted by Gasteiger charge is -2.29. The number of halogens is 1. The van der Waals surface area contributed by atoms with Gasteiger partial charge in [0.05, 0.1) is 11.6 Å². The lowest BCUT2D eigenvalue weighted by atomic mass is 9.97. The van der Waals surface area contributed by atoms with E-state index in [4.69, 9.17) is 11.6 Å². The molecule has 3 nitrogen and oxygen atoms in total. The minimum absolute atomic E-state index is 0.0540. The Balaban J connectivity index is 1.69. The number of aromatic nitrogens is 1. The highest BCUT2D eigenvalue weighted by Crippen LogP contribution is 2.39. The number of rotatable bonds is 5. The van der Waals surface area contributed by atoms with Gasteiger partial charge >= 0.3 is 0 Å². The van der Waals surface area contributed by atoms with Crippen molar-refractivity contribution in [3.05, 3.63) is 51.4 Å². The second-order valence-corrected chi connectivity index (χ2v) is 6.91. The Labute approximate surface area is 134 Å². The fraction of sp³-hybridized carbons (Fsp3) is 0.438. The topological polar surface area (TPSA) is 45.1 Å². The Bertz CT molecular complexity index is 564. The van der Waals surface area contributed by atoms with Crippen LogP contribution in [0.5, 0.6) is 0 Å². The first-order valence-electron chi connectivity index (χ1n) is 7.28. The first-order valence-corrected chi connectivity index (χ1v) is 8.54. The maximum atomic E-state index is 10.4. The molecule has 1 aromatic heterocycles. The Kier molecular flexibility index (Phi) is 4.60. The molecular formula is C16H19ClN2OS. The van der Waals surface area contributed by atoms with Crippen molar-refractivity contribution in [3.63, 3.8) is 0 Å². The van der Waals surface area contributed by atoms with Crippen LogP contribution in [0.3, 0.4) is 0 Å². The molecule has 112 valence electrons. The predicted octanol–water partition coefficient (Wildman–Crippen LogP) is 3.89. The number of hydrogen-bond donors (Lipinski definition) is 2. The molecule has 0 radical (unpaired) electrons. The third-order valence-electron chi connectivity index (χ3n) is 4.19. The summed E-state index contributed by atoms with van der Waals surface area (Å²) in [4.78, 5) is 4.49. The van der Waals surface area contributed by atoms with Gasteiger partial charge in [0.15, 0.2) is 0 Å². The molecule has 2 aromatic rings. The normalized spacial score (nSPS) is 18.8. The molecule has 1 aliphatic rings. The second-order valence-electron chi connectivity index (χ2n) is 5.57. The average molecular weight is 323 g/mol. The summed E-state index contributed by atoms with van der Waals surface area (Å²) < 4.78 is 0. The van der Waals surface area contributed by atoms with E-state index >= 15 is 0 Å². The Morgan fingerprint density at radius 1 is 1.29 bits per heavy atom. The van der Waals surface area contributed by atoms with Gasteiger partial charge in [-0.2, -0.15) is 0 Å². The number of thiazole rings is 1. The second kappa shape index (κ2) is 6.44. The molecule has 0 aliphatic heterocycles. The van der Waals surface area contributed by atoms with Gasteiger partial charge in [0.2, 0.25) is 0 Å². The highest BCUT2D eigenvalue weighted by atomic mass is 35.5. The van der Waals surface area contributed by atoms with Crippen LogP contribution in [0.2, 0.25) is 5.02 Å². The van der Waals surface area contributed by atoms with Crippen molar-refractivity contribution < 1.29 is 5.11 Å². The lowest BCUT2D eigenvalue weighted by molar-refractivity contribution is 0.155. The third-order valence-corrected chi connectivity index (χ3v) is 5.42. The number of benzene rings is 1. The number of nitrogens with one attached hydrogen (secondary N) is 1. The summed E-state index contributed by atoms with van der Waals surface area (Å²) in [5.74, 6) is 0. The molecule has 2 N–H and O–H groups in total. The van der Waals surface area contributed by atoms with E-state index < -0.39 is 6.10 Å². The highest BCUT2D eigenvalue weighted by molar-refractivity contribution is 7.09. The molecule has 21 heavy (non-hydrogen) atoms. The number of nitrogens with zero attached hydrogens (tertiary/aromatic N) is 1. The minimum Gasteiger partial charge on any atom is -0.387 e. The van der Waals surface area contributed by atoms with Crippen LogP contribution in [-0.2, 0) is 5.54 Å². The van der Waals surface area contributed by atoms with Crippen LogP contribution in [-0.4, -0.2) is 16.6 Å². The molecule has 0 saturated heterocycles. The molecule has 1 fully saturated rings. The van der Waals surface area contributed by atoms with E-state index in [9.17, 15) is 5.11 Å². The molecule has 3 rings (SSSR count). The van der Waals surface area contributed by atoms with Crippen molar-refractivity contribution in [2.75, 3.05) is 6.54 Å². The van der Waals surface area contributed by atoms with Crippen LogP contribution in [0.15, 0.2) is 35.8 Å². The zero-order chi connectivity index (χ0) is 14.7. The third kappa shape index (κ3) is 3.29. The summed E-state index contributed by atoms with van der Waals surface area (Å²) in [7, 11) is 0. The molecule has 1 saturated carbocycles. The molecule has 0 spiro atoms. The van der Waals surface area contributed by atoms with Gasteiger partial charge in [-0.3, -0.25) is 0 Å². The fourth-order valence-electron chi connectivity index (χ4n) is 3.00. The Morgan fingerprint density at radius 2 is 2.00 bits per heavy atom. The van der Waals surface area contributed by atoms with Gasteiger partial charge in [0.1, 0.15) is 5.01 Å². The van der Waals surface area contributed by atoms with Gasteiger partial charge < -0.3 is 10.4 Å². The lowest BCUT2D eigenvalue weighted by Crippen LogP contribution is -2.42.